The van der Waals surface area contributed by atoms with Crippen LogP contribution in [0.25, 0.3) is 0 Å². The van der Waals surface area contributed by atoms with Gasteiger partial charge < -0.3 is 10.0 Å². The molecule has 2 aromatic carbocycles. The summed E-state index contributed by atoms with van der Waals surface area (Å²) in [5.74, 6) is -0.270. The minimum atomic E-state index is -0.953. The zero-order valence-corrected chi connectivity index (χ0v) is 18.5. The topological polar surface area (TPSA) is 66.3 Å². The second-order valence-corrected chi connectivity index (χ2v) is 8.54. The number of piperidine rings is 1. The minimum absolute atomic E-state index is 0.222. The third-order valence-electron chi connectivity index (χ3n) is 6.30. The molecule has 1 saturated heterocycles. The summed E-state index contributed by atoms with van der Waals surface area (Å²) in [7, 11) is 0. The summed E-state index contributed by atoms with van der Waals surface area (Å²) < 4.78 is 0. The second-order valence-electron chi connectivity index (χ2n) is 8.54. The predicted molar refractivity (Wildman–Crippen MR) is 127 cm³/mol. The fourth-order valence-corrected chi connectivity index (χ4v) is 4.56. The first-order valence-corrected chi connectivity index (χ1v) is 11.6. The average Bonchev–Trinajstić information content (AvgIpc) is 2.84. The lowest BCUT2D eigenvalue weighted by atomic mass is 9.96. The fourth-order valence-electron chi connectivity index (χ4n) is 4.56. The van der Waals surface area contributed by atoms with Crippen molar-refractivity contribution in [3.05, 3.63) is 89.2 Å². The van der Waals surface area contributed by atoms with E-state index in [0.29, 0.717) is 24.1 Å². The van der Waals surface area contributed by atoms with Crippen LogP contribution in [0.4, 0.5) is 5.95 Å². The Morgan fingerprint density at radius 2 is 1.62 bits per heavy atom. The number of hydrogen-bond donors (Lipinski definition) is 1. The van der Waals surface area contributed by atoms with E-state index >= 15 is 0 Å². The number of carboxylic acid groups (broad SMARTS) is 1. The molecule has 5 heteroatoms. The van der Waals surface area contributed by atoms with E-state index in [1.165, 1.54) is 23.7 Å². The van der Waals surface area contributed by atoms with E-state index in [9.17, 15) is 9.90 Å². The molecule has 0 saturated carbocycles. The fraction of sp³-hybridized carbons (Fsp3) is 0.370. The molecule has 1 fully saturated rings. The van der Waals surface area contributed by atoms with Crippen LogP contribution >= 0.6 is 0 Å². The first-order chi connectivity index (χ1) is 15.7. The lowest BCUT2D eigenvalue weighted by Crippen LogP contribution is -2.41. The minimum Gasteiger partial charge on any atom is -0.478 e. The summed E-state index contributed by atoms with van der Waals surface area (Å²) in [5.41, 5.74) is 3.47. The predicted octanol–water partition coefficient (Wildman–Crippen LogP) is 5.34. The molecule has 0 amide bonds. The average molecular weight is 430 g/mol. The zero-order chi connectivity index (χ0) is 22.2. The number of aryl methyl sites for hydroxylation is 3. The van der Waals surface area contributed by atoms with Crippen molar-refractivity contribution < 1.29 is 9.90 Å². The number of benzene rings is 2. The van der Waals surface area contributed by atoms with Gasteiger partial charge >= 0.3 is 5.97 Å². The van der Waals surface area contributed by atoms with Gasteiger partial charge in [0.05, 0.1) is 11.3 Å². The molecule has 3 aromatic rings. The van der Waals surface area contributed by atoms with Crippen LogP contribution in [0.3, 0.4) is 0 Å². The Bertz CT molecular complexity index is 1010. The number of aromatic nitrogens is 2. The Morgan fingerprint density at radius 3 is 2.31 bits per heavy atom. The van der Waals surface area contributed by atoms with Crippen molar-refractivity contribution in [1.29, 1.82) is 0 Å². The largest absolute Gasteiger partial charge is 0.478 e. The Morgan fingerprint density at radius 1 is 0.938 bits per heavy atom. The van der Waals surface area contributed by atoms with Crippen LogP contribution < -0.4 is 4.90 Å². The number of rotatable bonds is 9. The van der Waals surface area contributed by atoms with Gasteiger partial charge in [-0.3, -0.25) is 0 Å². The maximum Gasteiger partial charge on any atom is 0.339 e. The molecule has 0 bridgehead atoms. The number of nitrogens with zero attached hydrogens (tertiary/aromatic N) is 3. The van der Waals surface area contributed by atoms with Crippen LogP contribution in [0.1, 0.15) is 59.3 Å². The van der Waals surface area contributed by atoms with Crippen LogP contribution in [0.5, 0.6) is 0 Å². The number of hydrogen-bond acceptors (Lipinski definition) is 4. The molecule has 166 valence electrons. The highest BCUT2D eigenvalue weighted by molar-refractivity contribution is 5.88. The number of carbonyl (C=O) groups is 1. The second kappa shape index (κ2) is 10.9. The lowest BCUT2D eigenvalue weighted by Gasteiger charge is -2.36. The normalized spacial score (nSPS) is 16.1. The molecular weight excluding hydrogens is 398 g/mol. The van der Waals surface area contributed by atoms with E-state index in [1.54, 1.807) is 0 Å². The van der Waals surface area contributed by atoms with Crippen molar-refractivity contribution in [2.45, 2.75) is 57.4 Å². The maximum absolute atomic E-state index is 11.8. The van der Waals surface area contributed by atoms with Crippen LogP contribution in [0.2, 0.25) is 0 Å². The summed E-state index contributed by atoms with van der Waals surface area (Å²) >= 11 is 0. The van der Waals surface area contributed by atoms with E-state index < -0.39 is 5.97 Å². The summed E-state index contributed by atoms with van der Waals surface area (Å²) in [5, 5.41) is 9.65. The standard InChI is InChI=1S/C27H31N3O2/c31-26(32)24-20-28-27(29-25(24)16-9-14-21-10-3-1-4-11-21)30-19-8-7-15-23(30)18-17-22-12-5-2-6-13-22/h1-6,10-13,20,23H,7-9,14-19H2,(H,31,32). The summed E-state index contributed by atoms with van der Waals surface area (Å²) in [6, 6.07) is 21.3. The molecule has 1 aliphatic heterocycles. The third-order valence-corrected chi connectivity index (χ3v) is 6.30. The van der Waals surface area contributed by atoms with Gasteiger partial charge in [0.1, 0.15) is 0 Å². The van der Waals surface area contributed by atoms with Crippen molar-refractivity contribution in [3.63, 3.8) is 0 Å². The molecule has 1 atom stereocenters. The highest BCUT2D eigenvalue weighted by atomic mass is 16.4. The summed E-state index contributed by atoms with van der Waals surface area (Å²) in [6.45, 7) is 0.926. The van der Waals surface area contributed by atoms with Crippen LogP contribution in [0, 0.1) is 0 Å². The molecule has 4 rings (SSSR count). The molecule has 2 heterocycles. The highest BCUT2D eigenvalue weighted by Gasteiger charge is 2.25. The van der Waals surface area contributed by atoms with E-state index in [2.05, 4.69) is 46.3 Å². The molecule has 0 spiro atoms. The summed E-state index contributed by atoms with van der Waals surface area (Å²) in [6.07, 6.45) is 9.44. The van der Waals surface area contributed by atoms with E-state index in [1.807, 2.05) is 24.3 Å². The van der Waals surface area contributed by atoms with Gasteiger partial charge in [-0.1, -0.05) is 60.7 Å². The molecule has 1 aromatic heterocycles. The van der Waals surface area contributed by atoms with Crippen LogP contribution in [-0.2, 0) is 19.3 Å². The molecule has 0 radical (unpaired) electrons. The van der Waals surface area contributed by atoms with Gasteiger partial charge in [-0.15, -0.1) is 0 Å². The van der Waals surface area contributed by atoms with E-state index in [-0.39, 0.29) is 5.56 Å². The van der Waals surface area contributed by atoms with Crippen molar-refractivity contribution in [3.8, 4) is 0 Å². The molecule has 1 unspecified atom stereocenters. The van der Waals surface area contributed by atoms with Gasteiger partial charge in [0.2, 0.25) is 5.95 Å². The quantitative estimate of drug-likeness (QED) is 0.497. The summed E-state index contributed by atoms with van der Waals surface area (Å²) in [4.78, 5) is 23.4. The monoisotopic (exact) mass is 429 g/mol. The lowest BCUT2D eigenvalue weighted by molar-refractivity contribution is 0.0694. The Hall–Kier alpha value is -3.21. The van der Waals surface area contributed by atoms with E-state index in [0.717, 1.165) is 45.1 Å². The first-order valence-electron chi connectivity index (χ1n) is 11.6. The van der Waals surface area contributed by atoms with Gasteiger partial charge in [-0.25, -0.2) is 14.8 Å². The van der Waals surface area contributed by atoms with Gasteiger partial charge in [0.15, 0.2) is 0 Å². The Kier molecular flexibility index (Phi) is 7.49. The van der Waals surface area contributed by atoms with Crippen LogP contribution in [0.15, 0.2) is 66.9 Å². The number of aromatic carboxylic acids is 1. The van der Waals surface area contributed by atoms with Gasteiger partial charge in [-0.2, -0.15) is 0 Å². The van der Waals surface area contributed by atoms with Crippen molar-refractivity contribution in [2.75, 3.05) is 11.4 Å². The highest BCUT2D eigenvalue weighted by Crippen LogP contribution is 2.26. The van der Waals surface area contributed by atoms with Crippen LogP contribution in [-0.4, -0.2) is 33.6 Å². The van der Waals surface area contributed by atoms with Crippen molar-refractivity contribution in [1.82, 2.24) is 9.97 Å². The maximum atomic E-state index is 11.8. The molecular formula is C27H31N3O2. The first kappa shape index (κ1) is 22.0. The SMILES string of the molecule is O=C(O)c1cnc(N2CCCCC2CCc2ccccc2)nc1CCCc1ccccc1. The zero-order valence-electron chi connectivity index (χ0n) is 18.5. The van der Waals surface area contributed by atoms with Crippen molar-refractivity contribution in [2.24, 2.45) is 0 Å². The Labute approximate surface area is 190 Å². The third kappa shape index (κ3) is 5.72. The molecule has 5 nitrogen and oxygen atoms in total. The smallest absolute Gasteiger partial charge is 0.339 e. The molecule has 32 heavy (non-hydrogen) atoms. The van der Waals surface area contributed by atoms with E-state index in [4.69, 9.17) is 4.98 Å². The molecule has 0 aliphatic carbocycles. The van der Waals surface area contributed by atoms with Gasteiger partial charge in [0, 0.05) is 18.8 Å². The number of anilines is 1. The van der Waals surface area contributed by atoms with Gasteiger partial charge in [0.25, 0.3) is 0 Å². The van der Waals surface area contributed by atoms with Crippen molar-refractivity contribution >= 4 is 11.9 Å². The Balaban J connectivity index is 1.48. The molecule has 1 N–H and O–H groups in total. The number of carboxylic acids is 1. The van der Waals surface area contributed by atoms with Gasteiger partial charge in [-0.05, 0) is 62.5 Å². The molecule has 1 aliphatic rings.